The molecule has 2 aromatic carbocycles. The molecule has 1 aliphatic heterocycles. The fourth-order valence-electron chi connectivity index (χ4n) is 2.09. The van der Waals surface area contributed by atoms with Gasteiger partial charge in [0.25, 0.3) is 0 Å². The Bertz CT molecular complexity index is 749. The third-order valence-corrected chi connectivity index (χ3v) is 3.61. The molecule has 0 amide bonds. The minimum absolute atomic E-state index is 0.0383. The van der Waals surface area contributed by atoms with Gasteiger partial charge in [-0.15, -0.1) is 0 Å². The number of Topliss-reactive ketones (excluding diaryl/α,β-unsaturated/α-hetero) is 1. The monoisotopic (exact) mass is 320 g/mol. The first-order valence-electron chi connectivity index (χ1n) is 6.15. The van der Waals surface area contributed by atoms with Crippen LogP contribution in [0.5, 0.6) is 5.75 Å². The number of benzene rings is 2. The molecule has 1 heterocycles. The third kappa shape index (κ3) is 2.60. The quantitative estimate of drug-likeness (QED) is 0.816. The maximum Gasteiger partial charge on any atom is 0.223 e. The van der Waals surface area contributed by atoms with Gasteiger partial charge >= 0.3 is 0 Å². The highest BCUT2D eigenvalue weighted by Gasteiger charge is 2.23. The standard InChI is InChI=1S/C15H10Cl2N2O2/c16-11-5-8(18)6-12(17)14(11)21-15-10-4-2-1-3-9(10)13(20)7-19-15/h1-6H,7,18H2. The molecule has 21 heavy (non-hydrogen) atoms. The molecule has 106 valence electrons. The Balaban J connectivity index is 2.02. The van der Waals surface area contributed by atoms with E-state index in [-0.39, 0.29) is 28.1 Å². The molecule has 0 radical (unpaired) electrons. The molecule has 0 aliphatic carbocycles. The zero-order valence-corrected chi connectivity index (χ0v) is 12.3. The summed E-state index contributed by atoms with van der Waals surface area (Å²) >= 11 is 12.2. The van der Waals surface area contributed by atoms with Crippen LogP contribution in [0.1, 0.15) is 15.9 Å². The summed E-state index contributed by atoms with van der Waals surface area (Å²) in [4.78, 5) is 16.0. The van der Waals surface area contributed by atoms with Crippen molar-refractivity contribution in [3.63, 3.8) is 0 Å². The maximum atomic E-state index is 11.8. The molecule has 1 aliphatic rings. The van der Waals surface area contributed by atoms with E-state index in [4.69, 9.17) is 33.7 Å². The fourth-order valence-corrected chi connectivity index (χ4v) is 2.67. The van der Waals surface area contributed by atoms with Crippen LogP contribution in [-0.2, 0) is 0 Å². The van der Waals surface area contributed by atoms with E-state index in [1.165, 1.54) is 0 Å². The van der Waals surface area contributed by atoms with Crippen LogP contribution in [-0.4, -0.2) is 18.2 Å². The maximum absolute atomic E-state index is 11.8. The first-order valence-corrected chi connectivity index (χ1v) is 6.91. The average Bonchev–Trinajstić information content (AvgIpc) is 2.45. The predicted molar refractivity (Wildman–Crippen MR) is 83.7 cm³/mol. The molecule has 0 bridgehead atoms. The van der Waals surface area contributed by atoms with E-state index in [0.29, 0.717) is 22.7 Å². The smallest absolute Gasteiger partial charge is 0.223 e. The number of aliphatic imine (C=N–C) groups is 1. The van der Waals surface area contributed by atoms with E-state index in [2.05, 4.69) is 4.99 Å². The van der Waals surface area contributed by atoms with E-state index in [1.54, 1.807) is 30.3 Å². The molecule has 2 aromatic rings. The number of nitrogens with zero attached hydrogens (tertiary/aromatic N) is 1. The Morgan fingerprint density at radius 3 is 2.38 bits per heavy atom. The molecule has 0 aromatic heterocycles. The lowest BCUT2D eigenvalue weighted by Gasteiger charge is -2.17. The number of ether oxygens (including phenoxy) is 1. The van der Waals surface area contributed by atoms with Crippen LogP contribution in [0.15, 0.2) is 41.4 Å². The minimum atomic E-state index is -0.0487. The van der Waals surface area contributed by atoms with Gasteiger partial charge < -0.3 is 10.5 Å². The second-order valence-corrected chi connectivity index (χ2v) is 5.32. The first kappa shape index (κ1) is 13.9. The summed E-state index contributed by atoms with van der Waals surface area (Å²) in [5.41, 5.74) is 7.30. The molecule has 3 rings (SSSR count). The highest BCUT2D eigenvalue weighted by molar-refractivity contribution is 6.38. The number of halogens is 2. The number of nitrogens with two attached hydrogens (primary N) is 1. The van der Waals surface area contributed by atoms with Crippen LogP contribution in [0.2, 0.25) is 10.0 Å². The van der Waals surface area contributed by atoms with Crippen LogP contribution >= 0.6 is 23.2 Å². The van der Waals surface area contributed by atoms with Crippen molar-refractivity contribution in [2.45, 2.75) is 0 Å². The number of nitrogen functional groups attached to an aromatic ring is 1. The molecule has 0 atom stereocenters. The molecule has 0 spiro atoms. The topological polar surface area (TPSA) is 64.7 Å². The predicted octanol–water partition coefficient (Wildman–Crippen LogP) is 3.60. The van der Waals surface area contributed by atoms with Crippen molar-refractivity contribution in [1.29, 1.82) is 0 Å². The number of hydrogen-bond acceptors (Lipinski definition) is 4. The van der Waals surface area contributed by atoms with Crippen molar-refractivity contribution in [2.75, 3.05) is 12.3 Å². The van der Waals surface area contributed by atoms with E-state index in [1.807, 2.05) is 6.07 Å². The highest BCUT2D eigenvalue weighted by Crippen LogP contribution is 2.36. The van der Waals surface area contributed by atoms with Gasteiger partial charge in [-0.3, -0.25) is 4.79 Å². The molecule has 0 saturated heterocycles. The van der Waals surface area contributed by atoms with Crippen LogP contribution < -0.4 is 10.5 Å². The number of hydrogen-bond donors (Lipinski definition) is 1. The zero-order chi connectivity index (χ0) is 15.0. The number of fused-ring (bicyclic) bond motifs is 1. The lowest BCUT2D eigenvalue weighted by atomic mass is 10.0. The summed E-state index contributed by atoms with van der Waals surface area (Å²) in [6, 6.07) is 10.2. The van der Waals surface area contributed by atoms with Gasteiger partial charge in [0.1, 0.15) is 6.54 Å². The van der Waals surface area contributed by atoms with Crippen LogP contribution in [0.25, 0.3) is 0 Å². The lowest BCUT2D eigenvalue weighted by molar-refractivity contribution is 0.0999. The summed E-state index contributed by atoms with van der Waals surface area (Å²) in [6.45, 7) is 0.0383. The molecule has 2 N–H and O–H groups in total. The Kier molecular flexibility index (Phi) is 3.57. The second-order valence-electron chi connectivity index (χ2n) is 4.51. The Labute approximate surface area is 131 Å². The Morgan fingerprint density at radius 1 is 1.10 bits per heavy atom. The zero-order valence-electron chi connectivity index (χ0n) is 10.8. The summed E-state index contributed by atoms with van der Waals surface area (Å²) in [7, 11) is 0. The van der Waals surface area contributed by atoms with Crippen molar-refractivity contribution >= 4 is 40.6 Å². The number of ketones is 1. The fraction of sp³-hybridized carbons (Fsp3) is 0.0667. The Morgan fingerprint density at radius 2 is 1.71 bits per heavy atom. The number of carbonyl (C=O) groups is 1. The molecule has 6 heteroatoms. The van der Waals surface area contributed by atoms with Gasteiger partial charge in [0.2, 0.25) is 5.90 Å². The summed E-state index contributed by atoms with van der Waals surface area (Å²) in [6.07, 6.45) is 0. The van der Waals surface area contributed by atoms with Gasteiger partial charge in [-0.05, 0) is 18.2 Å². The van der Waals surface area contributed by atoms with E-state index in [0.717, 1.165) is 0 Å². The summed E-state index contributed by atoms with van der Waals surface area (Å²) < 4.78 is 5.72. The van der Waals surface area contributed by atoms with Crippen molar-refractivity contribution in [1.82, 2.24) is 0 Å². The van der Waals surface area contributed by atoms with E-state index in [9.17, 15) is 4.79 Å². The van der Waals surface area contributed by atoms with Gasteiger partial charge in [-0.2, -0.15) is 0 Å². The summed E-state index contributed by atoms with van der Waals surface area (Å²) in [5.74, 6) is 0.543. The van der Waals surface area contributed by atoms with Crippen molar-refractivity contribution < 1.29 is 9.53 Å². The van der Waals surface area contributed by atoms with Gasteiger partial charge in [0.15, 0.2) is 11.5 Å². The molecule has 0 fully saturated rings. The van der Waals surface area contributed by atoms with Crippen molar-refractivity contribution in [3.05, 3.63) is 57.6 Å². The van der Waals surface area contributed by atoms with Gasteiger partial charge in [0, 0.05) is 16.8 Å². The summed E-state index contributed by atoms with van der Waals surface area (Å²) in [5, 5.41) is 0.578. The first-order chi connectivity index (χ1) is 10.1. The van der Waals surface area contributed by atoms with Gasteiger partial charge in [0.05, 0.1) is 10.0 Å². The number of anilines is 1. The molecule has 4 nitrogen and oxygen atoms in total. The van der Waals surface area contributed by atoms with Crippen molar-refractivity contribution in [2.24, 2.45) is 4.99 Å². The highest BCUT2D eigenvalue weighted by atomic mass is 35.5. The van der Waals surface area contributed by atoms with Gasteiger partial charge in [-0.1, -0.05) is 41.4 Å². The minimum Gasteiger partial charge on any atom is -0.436 e. The van der Waals surface area contributed by atoms with E-state index >= 15 is 0 Å². The number of carbonyl (C=O) groups excluding carboxylic acids is 1. The van der Waals surface area contributed by atoms with Gasteiger partial charge in [-0.25, -0.2) is 4.99 Å². The number of rotatable bonds is 1. The van der Waals surface area contributed by atoms with Crippen molar-refractivity contribution in [3.8, 4) is 5.75 Å². The van der Waals surface area contributed by atoms with Crippen LogP contribution in [0, 0.1) is 0 Å². The molecular formula is C15H10Cl2N2O2. The third-order valence-electron chi connectivity index (χ3n) is 3.04. The Hall–Kier alpha value is -2.04. The van der Waals surface area contributed by atoms with Crippen LogP contribution in [0.4, 0.5) is 5.69 Å². The molecule has 0 unspecified atom stereocenters. The SMILES string of the molecule is Nc1cc(Cl)c(OC2=NCC(=O)c3ccccc32)c(Cl)c1. The normalized spacial score (nSPS) is 13.6. The van der Waals surface area contributed by atoms with E-state index < -0.39 is 0 Å². The average molecular weight is 321 g/mol. The largest absolute Gasteiger partial charge is 0.436 e. The lowest BCUT2D eigenvalue weighted by Crippen LogP contribution is -2.23. The molecular weight excluding hydrogens is 311 g/mol. The van der Waals surface area contributed by atoms with Crippen LogP contribution in [0.3, 0.4) is 0 Å². The second kappa shape index (κ2) is 5.39. The molecule has 0 saturated carbocycles.